The first kappa shape index (κ1) is 16.2. The maximum Gasteiger partial charge on any atom is 0.263 e. The predicted octanol–water partition coefficient (Wildman–Crippen LogP) is 1.10. The average Bonchev–Trinajstić information content (AvgIpc) is 3.05. The lowest BCUT2D eigenvalue weighted by atomic mass is 10.2. The van der Waals surface area contributed by atoms with Gasteiger partial charge in [0.05, 0.1) is 0 Å². The number of likely N-dealkylation sites (tertiary alicyclic amines) is 1. The summed E-state index contributed by atoms with van der Waals surface area (Å²) >= 11 is 0. The maximum absolute atomic E-state index is 13.2. The normalized spacial score (nSPS) is 23.7. The number of carbonyl (C=O) groups is 1. The topological polar surface area (TPSA) is 44.8 Å². The van der Waals surface area contributed by atoms with Crippen LogP contribution in [0.4, 0.5) is 4.39 Å². The summed E-state index contributed by atoms with van der Waals surface area (Å²) in [7, 11) is 0. The number of nitrogens with zero attached hydrogens (tertiary/aromatic N) is 2. The van der Waals surface area contributed by atoms with E-state index in [0.29, 0.717) is 11.8 Å². The number of hydrogen-bond acceptors (Lipinski definition) is 4. The Labute approximate surface area is 136 Å². The van der Waals surface area contributed by atoms with E-state index in [1.54, 1.807) is 19.1 Å². The molecule has 3 rings (SSSR count). The summed E-state index contributed by atoms with van der Waals surface area (Å²) in [5, 5.41) is 3.35. The van der Waals surface area contributed by atoms with Crippen LogP contribution in [0.1, 0.15) is 13.3 Å². The van der Waals surface area contributed by atoms with Crippen molar-refractivity contribution >= 4 is 5.91 Å². The molecule has 126 valence electrons. The van der Waals surface area contributed by atoms with Crippen molar-refractivity contribution in [3.8, 4) is 5.75 Å². The molecule has 1 aromatic rings. The van der Waals surface area contributed by atoms with Gasteiger partial charge in [-0.25, -0.2) is 4.39 Å². The molecule has 0 saturated carbocycles. The lowest BCUT2D eigenvalue weighted by Gasteiger charge is -2.32. The molecule has 2 unspecified atom stereocenters. The molecule has 5 nitrogen and oxygen atoms in total. The molecule has 1 amide bonds. The van der Waals surface area contributed by atoms with Crippen LogP contribution in [-0.2, 0) is 4.79 Å². The van der Waals surface area contributed by atoms with Gasteiger partial charge in [0, 0.05) is 51.4 Å². The quantitative estimate of drug-likeness (QED) is 0.902. The molecule has 2 aliphatic heterocycles. The molecule has 2 heterocycles. The number of piperazine rings is 1. The van der Waals surface area contributed by atoms with Gasteiger partial charge in [-0.2, -0.15) is 0 Å². The summed E-state index contributed by atoms with van der Waals surface area (Å²) in [6.45, 7) is 7.38. The molecule has 2 saturated heterocycles. The first-order chi connectivity index (χ1) is 11.1. The molecule has 1 N–H and O–H groups in total. The molecule has 23 heavy (non-hydrogen) atoms. The Balaban J connectivity index is 1.53. The number of rotatable bonds is 4. The second-order valence-corrected chi connectivity index (χ2v) is 6.23. The van der Waals surface area contributed by atoms with Crippen molar-refractivity contribution in [2.45, 2.75) is 25.5 Å². The Morgan fingerprint density at radius 1 is 1.35 bits per heavy atom. The molecule has 1 aromatic carbocycles. The minimum absolute atomic E-state index is 0.0214. The first-order valence-corrected chi connectivity index (χ1v) is 8.29. The van der Waals surface area contributed by atoms with Crippen molar-refractivity contribution in [2.24, 2.45) is 0 Å². The monoisotopic (exact) mass is 321 g/mol. The minimum atomic E-state index is -0.599. The van der Waals surface area contributed by atoms with Crippen molar-refractivity contribution in [3.63, 3.8) is 0 Å². The van der Waals surface area contributed by atoms with Crippen LogP contribution in [0.15, 0.2) is 24.3 Å². The Morgan fingerprint density at radius 2 is 2.13 bits per heavy atom. The van der Waals surface area contributed by atoms with Crippen LogP contribution in [0.25, 0.3) is 0 Å². The van der Waals surface area contributed by atoms with Gasteiger partial charge in [-0.15, -0.1) is 0 Å². The van der Waals surface area contributed by atoms with Crippen LogP contribution in [0.3, 0.4) is 0 Å². The third kappa shape index (κ3) is 4.00. The van der Waals surface area contributed by atoms with Gasteiger partial charge in [-0.3, -0.25) is 9.69 Å². The standard InChI is InChI=1S/C17H24FN3O2/c1-13(23-16-4-2-3-14(18)11-16)17(22)21-8-5-15(12-21)20-9-6-19-7-10-20/h2-4,11,13,15,19H,5-10,12H2,1H3. The van der Waals surface area contributed by atoms with Gasteiger partial charge < -0.3 is 15.0 Å². The summed E-state index contributed by atoms with van der Waals surface area (Å²) in [5.74, 6) is 0.0118. The van der Waals surface area contributed by atoms with E-state index in [4.69, 9.17) is 4.74 Å². The molecule has 0 bridgehead atoms. The molecule has 2 fully saturated rings. The van der Waals surface area contributed by atoms with E-state index in [1.165, 1.54) is 12.1 Å². The highest BCUT2D eigenvalue weighted by Gasteiger charge is 2.33. The minimum Gasteiger partial charge on any atom is -0.481 e. The Hall–Kier alpha value is -1.66. The zero-order valence-corrected chi connectivity index (χ0v) is 13.5. The summed E-state index contributed by atoms with van der Waals surface area (Å²) in [5.41, 5.74) is 0. The number of hydrogen-bond donors (Lipinski definition) is 1. The van der Waals surface area contributed by atoms with Crippen LogP contribution in [0.2, 0.25) is 0 Å². The molecule has 2 aliphatic rings. The molecule has 0 spiro atoms. The summed E-state index contributed by atoms with van der Waals surface area (Å²) in [6, 6.07) is 6.36. The van der Waals surface area contributed by atoms with Gasteiger partial charge in [0.2, 0.25) is 0 Å². The zero-order valence-electron chi connectivity index (χ0n) is 13.5. The Morgan fingerprint density at radius 3 is 2.87 bits per heavy atom. The van der Waals surface area contributed by atoms with Crippen LogP contribution >= 0.6 is 0 Å². The number of carbonyl (C=O) groups excluding carboxylic acids is 1. The second-order valence-electron chi connectivity index (χ2n) is 6.23. The third-order valence-corrected chi connectivity index (χ3v) is 4.60. The Bertz CT molecular complexity index is 548. The highest BCUT2D eigenvalue weighted by atomic mass is 19.1. The number of ether oxygens (including phenoxy) is 1. The first-order valence-electron chi connectivity index (χ1n) is 8.29. The number of amides is 1. The van der Waals surface area contributed by atoms with Crippen LogP contribution in [0, 0.1) is 5.82 Å². The number of benzene rings is 1. The van der Waals surface area contributed by atoms with E-state index in [9.17, 15) is 9.18 Å². The van der Waals surface area contributed by atoms with Crippen LogP contribution < -0.4 is 10.1 Å². The number of nitrogens with one attached hydrogen (secondary N) is 1. The van der Waals surface area contributed by atoms with Gasteiger partial charge in [-0.1, -0.05) is 6.07 Å². The highest BCUT2D eigenvalue weighted by Crippen LogP contribution is 2.19. The van der Waals surface area contributed by atoms with E-state index >= 15 is 0 Å². The van der Waals surface area contributed by atoms with Crippen molar-refractivity contribution in [1.29, 1.82) is 0 Å². The molecule has 0 radical (unpaired) electrons. The van der Waals surface area contributed by atoms with Gasteiger partial charge in [-0.05, 0) is 25.5 Å². The van der Waals surface area contributed by atoms with Gasteiger partial charge in [0.15, 0.2) is 6.10 Å². The molecule has 0 aromatic heterocycles. The van der Waals surface area contributed by atoms with Gasteiger partial charge >= 0.3 is 0 Å². The second kappa shape index (κ2) is 7.27. The molecule has 0 aliphatic carbocycles. The third-order valence-electron chi connectivity index (χ3n) is 4.60. The van der Waals surface area contributed by atoms with Crippen molar-refractivity contribution in [3.05, 3.63) is 30.1 Å². The Kier molecular flexibility index (Phi) is 5.13. The highest BCUT2D eigenvalue weighted by molar-refractivity contribution is 5.81. The zero-order chi connectivity index (χ0) is 16.2. The fourth-order valence-corrected chi connectivity index (χ4v) is 3.34. The van der Waals surface area contributed by atoms with E-state index in [1.807, 2.05) is 4.90 Å². The summed E-state index contributed by atoms with van der Waals surface area (Å²) in [4.78, 5) is 16.9. The largest absolute Gasteiger partial charge is 0.481 e. The van der Waals surface area contributed by atoms with Crippen LogP contribution in [0.5, 0.6) is 5.75 Å². The summed E-state index contributed by atoms with van der Waals surface area (Å²) < 4.78 is 18.8. The van der Waals surface area contributed by atoms with Gasteiger partial charge in [0.25, 0.3) is 5.91 Å². The SMILES string of the molecule is CC(Oc1cccc(F)c1)C(=O)N1CCC(N2CCNCC2)C1. The average molecular weight is 321 g/mol. The molecule has 2 atom stereocenters. The van der Waals surface area contributed by atoms with E-state index < -0.39 is 6.10 Å². The lowest BCUT2D eigenvalue weighted by Crippen LogP contribution is -2.50. The summed E-state index contributed by atoms with van der Waals surface area (Å²) in [6.07, 6.45) is 0.414. The molecular formula is C17H24FN3O2. The predicted molar refractivity (Wildman–Crippen MR) is 85.9 cm³/mol. The van der Waals surface area contributed by atoms with Crippen molar-refractivity contribution in [2.75, 3.05) is 39.3 Å². The van der Waals surface area contributed by atoms with Crippen molar-refractivity contribution < 1.29 is 13.9 Å². The smallest absolute Gasteiger partial charge is 0.263 e. The van der Waals surface area contributed by atoms with E-state index in [2.05, 4.69) is 10.2 Å². The van der Waals surface area contributed by atoms with E-state index in [-0.39, 0.29) is 11.7 Å². The fraction of sp³-hybridized carbons (Fsp3) is 0.588. The maximum atomic E-state index is 13.2. The number of halogens is 1. The van der Waals surface area contributed by atoms with Gasteiger partial charge in [0.1, 0.15) is 11.6 Å². The lowest BCUT2D eigenvalue weighted by molar-refractivity contribution is -0.137. The van der Waals surface area contributed by atoms with Crippen molar-refractivity contribution in [1.82, 2.24) is 15.1 Å². The molecule has 6 heteroatoms. The molecular weight excluding hydrogens is 297 g/mol. The van der Waals surface area contributed by atoms with E-state index in [0.717, 1.165) is 45.7 Å². The fourth-order valence-electron chi connectivity index (χ4n) is 3.34. The van der Waals surface area contributed by atoms with Crippen LogP contribution in [-0.4, -0.2) is 67.1 Å².